The zero-order valence-corrected chi connectivity index (χ0v) is 12.2. The molecule has 1 aromatic rings. The summed E-state index contributed by atoms with van der Waals surface area (Å²) in [7, 11) is -3.15. The van der Waals surface area contributed by atoms with Gasteiger partial charge in [-0.3, -0.25) is 0 Å². The molecule has 0 aliphatic heterocycles. The highest BCUT2D eigenvalue weighted by molar-refractivity contribution is 7.92. The highest BCUT2D eigenvalue weighted by atomic mass is 32.2. The number of benzene rings is 1. The second-order valence-corrected chi connectivity index (χ2v) is 7.45. The number of rotatable bonds is 6. The van der Waals surface area contributed by atoms with E-state index in [-0.39, 0.29) is 11.3 Å². The van der Waals surface area contributed by atoms with E-state index in [0.717, 1.165) is 24.8 Å². The molecule has 18 heavy (non-hydrogen) atoms. The van der Waals surface area contributed by atoms with Gasteiger partial charge < -0.3 is 5.73 Å². The summed E-state index contributed by atoms with van der Waals surface area (Å²) >= 11 is 0. The van der Waals surface area contributed by atoms with Gasteiger partial charge in [0, 0.05) is 6.04 Å². The van der Waals surface area contributed by atoms with Crippen molar-refractivity contribution in [2.24, 2.45) is 5.73 Å². The van der Waals surface area contributed by atoms with Crippen LogP contribution in [0.4, 0.5) is 0 Å². The Bertz CT molecular complexity index is 463. The Balaban J connectivity index is 2.75. The maximum atomic E-state index is 11.9. The Hall–Kier alpha value is -0.870. The van der Waals surface area contributed by atoms with Crippen LogP contribution >= 0.6 is 0 Å². The van der Waals surface area contributed by atoms with Crippen LogP contribution in [0.1, 0.15) is 39.2 Å². The van der Waals surface area contributed by atoms with E-state index in [1.807, 2.05) is 12.1 Å². The van der Waals surface area contributed by atoms with Gasteiger partial charge in [0.15, 0.2) is 9.84 Å². The molecule has 4 heteroatoms. The molecule has 1 atom stereocenters. The summed E-state index contributed by atoms with van der Waals surface area (Å²) in [6, 6.07) is 7.39. The molecule has 2 N–H and O–H groups in total. The third-order valence-electron chi connectivity index (χ3n) is 3.20. The Labute approximate surface area is 110 Å². The van der Waals surface area contributed by atoms with E-state index in [9.17, 15) is 8.42 Å². The molecule has 0 aliphatic carbocycles. The lowest BCUT2D eigenvalue weighted by Gasteiger charge is -2.10. The largest absolute Gasteiger partial charge is 0.328 e. The highest BCUT2D eigenvalue weighted by Crippen LogP contribution is 2.17. The monoisotopic (exact) mass is 269 g/mol. The molecule has 1 aromatic carbocycles. The standard InChI is InChI=1S/C14H23NO2S/c1-4-13(15)8-5-12-6-9-14(10-7-12)18(16,17)11(2)3/h6-7,9-11,13H,4-5,8,15H2,1-3H3. The summed E-state index contributed by atoms with van der Waals surface area (Å²) < 4.78 is 23.9. The van der Waals surface area contributed by atoms with Gasteiger partial charge in [-0.05, 0) is 50.8 Å². The average molecular weight is 269 g/mol. The van der Waals surface area contributed by atoms with Crippen molar-refractivity contribution in [3.63, 3.8) is 0 Å². The number of hydrogen-bond acceptors (Lipinski definition) is 3. The summed E-state index contributed by atoms with van der Waals surface area (Å²) in [4.78, 5) is 0.404. The van der Waals surface area contributed by atoms with Gasteiger partial charge in [0.2, 0.25) is 0 Å². The van der Waals surface area contributed by atoms with Crippen molar-refractivity contribution in [1.82, 2.24) is 0 Å². The molecule has 0 amide bonds. The lowest BCUT2D eigenvalue weighted by Crippen LogP contribution is -2.19. The lowest BCUT2D eigenvalue weighted by atomic mass is 10.0. The van der Waals surface area contributed by atoms with Crippen LogP contribution in [0.5, 0.6) is 0 Å². The third kappa shape index (κ3) is 3.82. The van der Waals surface area contributed by atoms with Gasteiger partial charge in [-0.25, -0.2) is 8.42 Å². The van der Waals surface area contributed by atoms with Gasteiger partial charge >= 0.3 is 0 Å². The Kier molecular flexibility index (Phi) is 5.35. The Morgan fingerprint density at radius 2 is 1.72 bits per heavy atom. The third-order valence-corrected chi connectivity index (χ3v) is 5.37. The normalized spacial score (nSPS) is 13.8. The predicted octanol–water partition coefficient (Wildman–Crippen LogP) is 2.54. The summed E-state index contributed by atoms with van der Waals surface area (Å²) in [5.74, 6) is 0. The van der Waals surface area contributed by atoms with E-state index in [0.29, 0.717) is 4.90 Å². The van der Waals surface area contributed by atoms with Crippen LogP contribution in [0.3, 0.4) is 0 Å². The molecule has 102 valence electrons. The molecular weight excluding hydrogens is 246 g/mol. The molecule has 0 heterocycles. The molecular formula is C14H23NO2S. The second-order valence-electron chi connectivity index (χ2n) is 4.94. The van der Waals surface area contributed by atoms with Crippen LogP contribution < -0.4 is 5.73 Å². The number of hydrogen-bond donors (Lipinski definition) is 1. The van der Waals surface area contributed by atoms with Crippen LogP contribution in [0.2, 0.25) is 0 Å². The molecule has 3 nitrogen and oxygen atoms in total. The SMILES string of the molecule is CCC(N)CCc1ccc(S(=O)(=O)C(C)C)cc1. The number of nitrogens with two attached hydrogens (primary N) is 1. The number of aryl methyl sites for hydroxylation is 1. The molecule has 1 rings (SSSR count). The fourth-order valence-electron chi connectivity index (χ4n) is 1.67. The van der Waals surface area contributed by atoms with Gasteiger partial charge in [-0.2, -0.15) is 0 Å². The summed E-state index contributed by atoms with van der Waals surface area (Å²) in [5.41, 5.74) is 7.00. The average Bonchev–Trinajstić information content (AvgIpc) is 2.36. The first-order chi connectivity index (χ1) is 8.37. The van der Waals surface area contributed by atoms with Crippen molar-refractivity contribution >= 4 is 9.84 Å². The smallest absolute Gasteiger partial charge is 0.180 e. The summed E-state index contributed by atoms with van der Waals surface area (Å²) in [6.45, 7) is 5.47. The molecule has 0 bridgehead atoms. The Morgan fingerprint density at radius 3 is 2.17 bits per heavy atom. The molecule has 0 aliphatic rings. The molecule has 0 saturated heterocycles. The van der Waals surface area contributed by atoms with E-state index >= 15 is 0 Å². The van der Waals surface area contributed by atoms with Gasteiger partial charge in [-0.15, -0.1) is 0 Å². The fraction of sp³-hybridized carbons (Fsp3) is 0.571. The predicted molar refractivity (Wildman–Crippen MR) is 75.4 cm³/mol. The minimum absolute atomic E-state index is 0.226. The quantitative estimate of drug-likeness (QED) is 0.863. The molecule has 1 unspecified atom stereocenters. The lowest BCUT2D eigenvalue weighted by molar-refractivity contribution is 0.586. The first-order valence-corrected chi connectivity index (χ1v) is 8.01. The van der Waals surface area contributed by atoms with Crippen molar-refractivity contribution in [3.05, 3.63) is 29.8 Å². The highest BCUT2D eigenvalue weighted by Gasteiger charge is 2.18. The van der Waals surface area contributed by atoms with Crippen LogP contribution in [-0.4, -0.2) is 19.7 Å². The van der Waals surface area contributed by atoms with Crippen LogP contribution in [0.25, 0.3) is 0 Å². The van der Waals surface area contributed by atoms with Crippen LogP contribution in [0, 0.1) is 0 Å². The first kappa shape index (κ1) is 15.2. The first-order valence-electron chi connectivity index (χ1n) is 6.46. The van der Waals surface area contributed by atoms with Gasteiger partial charge in [0.1, 0.15) is 0 Å². The van der Waals surface area contributed by atoms with Crippen molar-refractivity contribution in [1.29, 1.82) is 0 Å². The van der Waals surface area contributed by atoms with E-state index in [4.69, 9.17) is 5.73 Å². The molecule has 0 spiro atoms. The molecule has 0 radical (unpaired) electrons. The maximum Gasteiger partial charge on any atom is 0.180 e. The van der Waals surface area contributed by atoms with E-state index in [2.05, 4.69) is 6.92 Å². The molecule has 0 aromatic heterocycles. The number of sulfone groups is 1. The van der Waals surface area contributed by atoms with E-state index in [1.165, 1.54) is 0 Å². The molecule has 0 fully saturated rings. The zero-order valence-electron chi connectivity index (χ0n) is 11.4. The van der Waals surface area contributed by atoms with Crippen molar-refractivity contribution in [3.8, 4) is 0 Å². The van der Waals surface area contributed by atoms with E-state index in [1.54, 1.807) is 26.0 Å². The van der Waals surface area contributed by atoms with Crippen molar-refractivity contribution < 1.29 is 8.42 Å². The summed E-state index contributed by atoms with van der Waals surface area (Å²) in [6.07, 6.45) is 2.81. The summed E-state index contributed by atoms with van der Waals surface area (Å²) in [5, 5.41) is -0.378. The minimum atomic E-state index is -3.15. The van der Waals surface area contributed by atoms with Crippen LogP contribution in [-0.2, 0) is 16.3 Å². The topological polar surface area (TPSA) is 60.2 Å². The fourth-order valence-corrected chi connectivity index (χ4v) is 2.73. The van der Waals surface area contributed by atoms with Crippen molar-refractivity contribution in [2.75, 3.05) is 0 Å². The van der Waals surface area contributed by atoms with Crippen molar-refractivity contribution in [2.45, 2.75) is 56.2 Å². The zero-order chi connectivity index (χ0) is 13.8. The van der Waals surface area contributed by atoms with Gasteiger partial charge in [0.25, 0.3) is 0 Å². The Morgan fingerprint density at radius 1 is 1.17 bits per heavy atom. The van der Waals surface area contributed by atoms with Gasteiger partial charge in [0.05, 0.1) is 10.1 Å². The minimum Gasteiger partial charge on any atom is -0.328 e. The molecule has 0 saturated carbocycles. The van der Waals surface area contributed by atoms with Crippen LogP contribution in [0.15, 0.2) is 29.2 Å². The van der Waals surface area contributed by atoms with E-state index < -0.39 is 9.84 Å². The maximum absolute atomic E-state index is 11.9. The van der Waals surface area contributed by atoms with Gasteiger partial charge in [-0.1, -0.05) is 19.1 Å². The second kappa shape index (κ2) is 6.34.